The van der Waals surface area contributed by atoms with Gasteiger partial charge in [0.05, 0.1) is 0 Å². The minimum Gasteiger partial charge on any atom is -0.356 e. The zero-order valence-corrected chi connectivity index (χ0v) is 12.1. The number of nitrogens with zero attached hydrogens (tertiary/aromatic N) is 1. The molecule has 4 heteroatoms. The van der Waals surface area contributed by atoms with E-state index in [1.807, 2.05) is 6.92 Å². The van der Waals surface area contributed by atoms with Crippen LogP contribution in [0.4, 0.5) is 0 Å². The molecule has 0 rings (SSSR count). The Morgan fingerprint density at radius 3 is 2.22 bits per heavy atom. The quantitative estimate of drug-likeness (QED) is 0.575. The van der Waals surface area contributed by atoms with Gasteiger partial charge in [-0.2, -0.15) is 0 Å². The van der Waals surface area contributed by atoms with E-state index in [9.17, 15) is 9.59 Å². The number of amides is 1. The van der Waals surface area contributed by atoms with Gasteiger partial charge < -0.3 is 15.0 Å². The van der Waals surface area contributed by atoms with Crippen molar-refractivity contribution in [3.05, 3.63) is 0 Å². The molecule has 0 fully saturated rings. The zero-order valence-electron chi connectivity index (χ0n) is 12.1. The predicted molar refractivity (Wildman–Crippen MR) is 74.6 cm³/mol. The molecule has 0 aliphatic carbocycles. The number of Topliss-reactive ketones (excluding diaryl/α,β-unsaturated/α-hetero) is 1. The molecule has 4 nitrogen and oxygen atoms in total. The number of hydrogen-bond donors (Lipinski definition) is 1. The van der Waals surface area contributed by atoms with Crippen molar-refractivity contribution < 1.29 is 9.59 Å². The number of carbonyl (C=O) groups is 2. The van der Waals surface area contributed by atoms with Crippen molar-refractivity contribution in [1.82, 2.24) is 10.2 Å². The van der Waals surface area contributed by atoms with Gasteiger partial charge in [-0.15, -0.1) is 0 Å². The van der Waals surface area contributed by atoms with Crippen molar-refractivity contribution in [2.24, 2.45) is 0 Å². The van der Waals surface area contributed by atoms with Gasteiger partial charge >= 0.3 is 0 Å². The molecule has 18 heavy (non-hydrogen) atoms. The monoisotopic (exact) mass is 256 g/mol. The van der Waals surface area contributed by atoms with Crippen LogP contribution < -0.4 is 5.32 Å². The van der Waals surface area contributed by atoms with Crippen LogP contribution in [0.2, 0.25) is 0 Å². The highest BCUT2D eigenvalue weighted by atomic mass is 16.1. The van der Waals surface area contributed by atoms with Crippen LogP contribution in [-0.4, -0.2) is 43.3 Å². The van der Waals surface area contributed by atoms with Crippen LogP contribution in [0.3, 0.4) is 0 Å². The van der Waals surface area contributed by atoms with E-state index in [-0.39, 0.29) is 11.7 Å². The van der Waals surface area contributed by atoms with Gasteiger partial charge in [0, 0.05) is 19.4 Å². The summed E-state index contributed by atoms with van der Waals surface area (Å²) in [5.41, 5.74) is 0. The lowest BCUT2D eigenvalue weighted by molar-refractivity contribution is -0.120. The maximum Gasteiger partial charge on any atom is 0.219 e. The fourth-order valence-electron chi connectivity index (χ4n) is 1.73. The maximum atomic E-state index is 11.0. The summed E-state index contributed by atoms with van der Waals surface area (Å²) in [5, 5.41) is 2.88. The first-order valence-corrected chi connectivity index (χ1v) is 7.01. The molecule has 0 aliphatic rings. The summed E-state index contributed by atoms with van der Waals surface area (Å²) in [4.78, 5) is 24.0. The highest BCUT2D eigenvalue weighted by Gasteiger charge is 2.00. The number of hydrogen-bond acceptors (Lipinski definition) is 3. The number of rotatable bonds is 11. The van der Waals surface area contributed by atoms with Crippen molar-refractivity contribution >= 4 is 11.7 Å². The predicted octanol–water partition coefficient (Wildman–Crippen LogP) is 1.98. The second-order valence-corrected chi connectivity index (χ2v) is 4.87. The van der Waals surface area contributed by atoms with E-state index < -0.39 is 0 Å². The van der Waals surface area contributed by atoms with Crippen LogP contribution in [0.25, 0.3) is 0 Å². The molecule has 0 aliphatic heterocycles. The molecule has 1 N–H and O–H groups in total. The average Bonchev–Trinajstić information content (AvgIpc) is 2.33. The van der Waals surface area contributed by atoms with E-state index in [4.69, 9.17) is 0 Å². The summed E-state index contributed by atoms with van der Waals surface area (Å²) in [6, 6.07) is 0. The van der Waals surface area contributed by atoms with Crippen LogP contribution in [0, 0.1) is 0 Å². The second-order valence-electron chi connectivity index (χ2n) is 4.87. The third kappa shape index (κ3) is 11.6. The molecule has 0 saturated carbocycles. The molecule has 0 unspecified atom stereocenters. The number of unbranched alkanes of at least 4 members (excludes halogenated alkanes) is 2. The fourth-order valence-corrected chi connectivity index (χ4v) is 1.73. The van der Waals surface area contributed by atoms with Crippen LogP contribution in [0.5, 0.6) is 0 Å². The van der Waals surface area contributed by atoms with Gasteiger partial charge in [-0.05, 0) is 52.7 Å². The minimum atomic E-state index is 0.132. The fraction of sp³-hybridized carbons (Fsp3) is 0.857. The Morgan fingerprint density at radius 1 is 1.06 bits per heavy atom. The van der Waals surface area contributed by atoms with Gasteiger partial charge in [0.1, 0.15) is 5.78 Å². The standard InChI is InChI=1S/C14H28N2O2/c1-4-14(18)15-10-6-8-12-16(3)11-7-5-9-13(2)17/h4-12H2,1-3H3,(H,15,18). The van der Waals surface area contributed by atoms with E-state index in [1.54, 1.807) is 6.92 Å². The lowest BCUT2D eigenvalue weighted by Crippen LogP contribution is -2.25. The summed E-state index contributed by atoms with van der Waals surface area (Å²) in [6.45, 7) is 6.40. The molecule has 0 aromatic carbocycles. The first-order valence-electron chi connectivity index (χ1n) is 7.01. The molecule has 0 aromatic heterocycles. The van der Waals surface area contributed by atoms with Crippen molar-refractivity contribution in [2.75, 3.05) is 26.7 Å². The second kappa shape index (κ2) is 11.2. The van der Waals surface area contributed by atoms with E-state index >= 15 is 0 Å². The Bertz CT molecular complexity index is 242. The summed E-state index contributed by atoms with van der Waals surface area (Å²) < 4.78 is 0. The number of nitrogens with one attached hydrogen (secondary N) is 1. The summed E-state index contributed by atoms with van der Waals surface area (Å²) in [5.74, 6) is 0.414. The van der Waals surface area contributed by atoms with Crippen LogP contribution >= 0.6 is 0 Å². The molecule has 1 amide bonds. The van der Waals surface area contributed by atoms with E-state index in [1.165, 1.54) is 0 Å². The van der Waals surface area contributed by atoms with Gasteiger partial charge in [0.2, 0.25) is 5.91 Å². The zero-order chi connectivity index (χ0) is 13.8. The molecule has 0 atom stereocenters. The van der Waals surface area contributed by atoms with Gasteiger partial charge in [-0.1, -0.05) is 6.92 Å². The van der Waals surface area contributed by atoms with Gasteiger partial charge in [-0.25, -0.2) is 0 Å². The number of carbonyl (C=O) groups excluding carboxylic acids is 2. The lowest BCUT2D eigenvalue weighted by atomic mass is 10.2. The Balaban J connectivity index is 3.29. The van der Waals surface area contributed by atoms with Gasteiger partial charge in [0.25, 0.3) is 0 Å². The van der Waals surface area contributed by atoms with E-state index in [0.717, 1.165) is 45.3 Å². The molecule has 0 bridgehead atoms. The van der Waals surface area contributed by atoms with Gasteiger partial charge in [0.15, 0.2) is 0 Å². The molecule has 0 aromatic rings. The van der Waals surface area contributed by atoms with Crippen LogP contribution in [-0.2, 0) is 9.59 Å². The molecule has 0 heterocycles. The molecular weight excluding hydrogens is 228 g/mol. The average molecular weight is 256 g/mol. The molecule has 0 radical (unpaired) electrons. The van der Waals surface area contributed by atoms with Crippen molar-refractivity contribution in [2.45, 2.75) is 52.4 Å². The molecule has 106 valence electrons. The van der Waals surface area contributed by atoms with Crippen molar-refractivity contribution in [3.8, 4) is 0 Å². The largest absolute Gasteiger partial charge is 0.356 e. The maximum absolute atomic E-state index is 11.0. The van der Waals surface area contributed by atoms with Crippen molar-refractivity contribution in [1.29, 1.82) is 0 Å². The third-order valence-corrected chi connectivity index (χ3v) is 2.93. The molecule has 0 spiro atoms. The van der Waals surface area contributed by atoms with E-state index in [0.29, 0.717) is 12.8 Å². The topological polar surface area (TPSA) is 49.4 Å². The van der Waals surface area contributed by atoms with Crippen molar-refractivity contribution in [3.63, 3.8) is 0 Å². The highest BCUT2D eigenvalue weighted by molar-refractivity contribution is 5.75. The smallest absolute Gasteiger partial charge is 0.219 e. The summed E-state index contributed by atoms with van der Waals surface area (Å²) in [7, 11) is 2.11. The van der Waals surface area contributed by atoms with E-state index in [2.05, 4.69) is 17.3 Å². The Hall–Kier alpha value is -0.900. The SMILES string of the molecule is CCC(=O)NCCCCN(C)CCCCC(C)=O. The first-order chi connectivity index (χ1) is 8.56. The lowest BCUT2D eigenvalue weighted by Gasteiger charge is -2.16. The Labute approximate surface area is 111 Å². The van der Waals surface area contributed by atoms with Crippen LogP contribution in [0.15, 0.2) is 0 Å². The Kier molecular flexibility index (Phi) is 10.6. The summed E-state index contributed by atoms with van der Waals surface area (Å²) >= 11 is 0. The van der Waals surface area contributed by atoms with Crippen LogP contribution in [0.1, 0.15) is 52.4 Å². The normalized spacial score (nSPS) is 10.7. The number of ketones is 1. The first kappa shape index (κ1) is 17.1. The molecular formula is C14H28N2O2. The Morgan fingerprint density at radius 2 is 1.67 bits per heavy atom. The third-order valence-electron chi connectivity index (χ3n) is 2.93. The summed E-state index contributed by atoms with van der Waals surface area (Å²) in [6.07, 6.45) is 5.48. The van der Waals surface area contributed by atoms with Gasteiger partial charge in [-0.3, -0.25) is 4.79 Å². The highest BCUT2D eigenvalue weighted by Crippen LogP contribution is 1.99. The minimum absolute atomic E-state index is 0.132. The molecule has 0 saturated heterocycles.